The number of aromatic amines is 1. The molecule has 0 unspecified atom stereocenters. The Morgan fingerprint density at radius 1 is 0.872 bits per heavy atom. The first-order valence-corrected chi connectivity index (χ1v) is 13.3. The number of amides is 1. The highest BCUT2D eigenvalue weighted by Crippen LogP contribution is 2.29. The topological polar surface area (TPSA) is 67.5 Å². The lowest BCUT2D eigenvalue weighted by Crippen LogP contribution is -2.32. The van der Waals surface area contributed by atoms with Crippen molar-refractivity contribution >= 4 is 16.8 Å². The van der Waals surface area contributed by atoms with E-state index >= 15 is 0 Å². The minimum absolute atomic E-state index is 0.111. The smallest absolute Gasteiger partial charge is 0.223 e. The maximum absolute atomic E-state index is 13.5. The van der Waals surface area contributed by atoms with Crippen molar-refractivity contribution in [2.75, 3.05) is 13.7 Å². The third kappa shape index (κ3) is 6.85. The summed E-state index contributed by atoms with van der Waals surface area (Å²) in [4.78, 5) is 23.2. The summed E-state index contributed by atoms with van der Waals surface area (Å²) in [5.41, 5.74) is 5.29. The second-order valence-electron chi connectivity index (χ2n) is 9.51. The standard InChI is InChI=1S/C33H33N3O3/c1-38-32-21-26(14-16-31(32)39-24-25-9-3-2-4-10-25)23-36(20-18-28-11-7-8-19-34-28)33(37)17-15-27-22-35-30-13-6-5-12-29(27)30/h2-14,16,19,21-22,35H,15,17-18,20,23-24H2,1H3. The van der Waals surface area contributed by atoms with Crippen LogP contribution in [-0.2, 0) is 30.8 Å². The monoisotopic (exact) mass is 519 g/mol. The van der Waals surface area contributed by atoms with Gasteiger partial charge in [0, 0.05) is 54.9 Å². The summed E-state index contributed by atoms with van der Waals surface area (Å²) >= 11 is 0. The molecule has 0 saturated carbocycles. The number of carbonyl (C=O) groups is 1. The van der Waals surface area contributed by atoms with E-state index in [0.29, 0.717) is 50.5 Å². The van der Waals surface area contributed by atoms with Crippen molar-refractivity contribution in [3.8, 4) is 11.5 Å². The molecule has 0 bridgehead atoms. The zero-order valence-electron chi connectivity index (χ0n) is 22.2. The van der Waals surface area contributed by atoms with Gasteiger partial charge in [-0.1, -0.05) is 60.7 Å². The number of carbonyl (C=O) groups excluding carboxylic acids is 1. The highest BCUT2D eigenvalue weighted by molar-refractivity contribution is 5.84. The van der Waals surface area contributed by atoms with Crippen molar-refractivity contribution in [1.29, 1.82) is 0 Å². The van der Waals surface area contributed by atoms with E-state index in [4.69, 9.17) is 9.47 Å². The Kier molecular flexibility index (Phi) is 8.54. The van der Waals surface area contributed by atoms with Gasteiger partial charge in [0.25, 0.3) is 0 Å². The van der Waals surface area contributed by atoms with Crippen LogP contribution in [-0.4, -0.2) is 34.4 Å². The molecule has 6 nitrogen and oxygen atoms in total. The molecular formula is C33H33N3O3. The van der Waals surface area contributed by atoms with Crippen LogP contribution in [0, 0.1) is 0 Å². The van der Waals surface area contributed by atoms with Crippen LogP contribution in [0.1, 0.15) is 28.8 Å². The van der Waals surface area contributed by atoms with Gasteiger partial charge in [-0.2, -0.15) is 0 Å². The highest BCUT2D eigenvalue weighted by atomic mass is 16.5. The Morgan fingerprint density at radius 2 is 1.69 bits per heavy atom. The fraction of sp³-hybridized carbons (Fsp3) is 0.212. The van der Waals surface area contributed by atoms with E-state index in [1.807, 2.05) is 90.0 Å². The van der Waals surface area contributed by atoms with Gasteiger partial charge in [-0.25, -0.2) is 0 Å². The summed E-state index contributed by atoms with van der Waals surface area (Å²) in [6, 6.07) is 30.0. The number of nitrogens with zero attached hydrogens (tertiary/aromatic N) is 2. The van der Waals surface area contributed by atoms with Gasteiger partial charge in [0.15, 0.2) is 11.5 Å². The molecule has 5 rings (SSSR count). The van der Waals surface area contributed by atoms with Crippen LogP contribution < -0.4 is 9.47 Å². The van der Waals surface area contributed by atoms with Crippen LogP contribution in [0.4, 0.5) is 0 Å². The lowest BCUT2D eigenvalue weighted by molar-refractivity contribution is -0.131. The molecule has 5 aromatic rings. The van der Waals surface area contributed by atoms with Gasteiger partial charge < -0.3 is 19.4 Å². The van der Waals surface area contributed by atoms with Crippen LogP contribution in [0.25, 0.3) is 10.9 Å². The first kappa shape index (κ1) is 26.0. The summed E-state index contributed by atoms with van der Waals surface area (Å²) in [7, 11) is 1.64. The van der Waals surface area contributed by atoms with Crippen molar-refractivity contribution in [2.24, 2.45) is 0 Å². The first-order chi connectivity index (χ1) is 19.2. The molecule has 0 fully saturated rings. The van der Waals surface area contributed by atoms with Crippen molar-refractivity contribution < 1.29 is 14.3 Å². The largest absolute Gasteiger partial charge is 0.493 e. The number of hydrogen-bond donors (Lipinski definition) is 1. The average Bonchev–Trinajstić information content (AvgIpc) is 3.41. The van der Waals surface area contributed by atoms with E-state index in [2.05, 4.69) is 22.1 Å². The molecule has 39 heavy (non-hydrogen) atoms. The maximum atomic E-state index is 13.5. The molecule has 198 valence electrons. The van der Waals surface area contributed by atoms with Crippen molar-refractivity contribution in [3.05, 3.63) is 126 Å². The minimum Gasteiger partial charge on any atom is -0.493 e. The summed E-state index contributed by atoms with van der Waals surface area (Å²) < 4.78 is 11.7. The SMILES string of the molecule is COc1cc(CN(CCc2ccccn2)C(=O)CCc2c[nH]c3ccccc23)ccc1OCc1ccccc1. The first-order valence-electron chi connectivity index (χ1n) is 13.3. The third-order valence-electron chi connectivity index (χ3n) is 6.84. The summed E-state index contributed by atoms with van der Waals surface area (Å²) in [6.07, 6.45) is 5.60. The number of methoxy groups -OCH3 is 1. The normalized spacial score (nSPS) is 10.9. The summed E-state index contributed by atoms with van der Waals surface area (Å²) in [5, 5.41) is 1.17. The molecule has 2 heterocycles. The lowest BCUT2D eigenvalue weighted by atomic mass is 10.1. The Hall–Kier alpha value is -4.58. The van der Waals surface area contributed by atoms with Crippen LogP contribution in [0.15, 0.2) is 103 Å². The Morgan fingerprint density at radius 3 is 2.51 bits per heavy atom. The van der Waals surface area contributed by atoms with E-state index in [-0.39, 0.29) is 5.91 Å². The number of pyridine rings is 1. The highest BCUT2D eigenvalue weighted by Gasteiger charge is 2.17. The van der Waals surface area contributed by atoms with E-state index in [1.54, 1.807) is 13.3 Å². The van der Waals surface area contributed by atoms with Crippen LogP contribution >= 0.6 is 0 Å². The molecule has 1 N–H and O–H groups in total. The van der Waals surface area contributed by atoms with Crippen LogP contribution in [0.5, 0.6) is 11.5 Å². The fourth-order valence-electron chi connectivity index (χ4n) is 4.71. The number of para-hydroxylation sites is 1. The predicted octanol–water partition coefficient (Wildman–Crippen LogP) is 6.35. The molecule has 0 aliphatic rings. The molecular weight excluding hydrogens is 486 g/mol. The Labute approximate surface area is 229 Å². The maximum Gasteiger partial charge on any atom is 0.223 e. The Bertz CT molecular complexity index is 1500. The van der Waals surface area contributed by atoms with Gasteiger partial charge in [-0.05, 0) is 53.4 Å². The van der Waals surface area contributed by atoms with E-state index in [9.17, 15) is 4.79 Å². The third-order valence-corrected chi connectivity index (χ3v) is 6.84. The van der Waals surface area contributed by atoms with E-state index in [0.717, 1.165) is 27.9 Å². The minimum atomic E-state index is 0.111. The van der Waals surface area contributed by atoms with Gasteiger partial charge in [0.2, 0.25) is 5.91 Å². The van der Waals surface area contributed by atoms with Crippen molar-refractivity contribution in [2.45, 2.75) is 32.4 Å². The summed E-state index contributed by atoms with van der Waals surface area (Å²) in [6.45, 7) is 1.52. The number of hydrogen-bond acceptors (Lipinski definition) is 4. The van der Waals surface area contributed by atoms with Gasteiger partial charge in [0.1, 0.15) is 6.61 Å². The fourth-order valence-corrected chi connectivity index (χ4v) is 4.71. The van der Waals surface area contributed by atoms with Gasteiger partial charge in [-0.3, -0.25) is 9.78 Å². The number of nitrogens with one attached hydrogen (secondary N) is 1. The molecule has 2 aromatic heterocycles. The number of rotatable bonds is 12. The molecule has 0 spiro atoms. The number of aryl methyl sites for hydroxylation is 1. The molecule has 0 radical (unpaired) electrons. The zero-order valence-corrected chi connectivity index (χ0v) is 22.2. The quantitative estimate of drug-likeness (QED) is 0.208. The molecule has 0 aliphatic carbocycles. The molecule has 3 aromatic carbocycles. The molecule has 0 saturated heterocycles. The average molecular weight is 520 g/mol. The molecule has 0 atom stereocenters. The number of fused-ring (bicyclic) bond motifs is 1. The van der Waals surface area contributed by atoms with Crippen molar-refractivity contribution in [3.63, 3.8) is 0 Å². The van der Waals surface area contributed by atoms with Crippen LogP contribution in [0.3, 0.4) is 0 Å². The molecule has 1 amide bonds. The summed E-state index contributed by atoms with van der Waals surface area (Å²) in [5.74, 6) is 1.44. The number of ether oxygens (including phenoxy) is 2. The second-order valence-corrected chi connectivity index (χ2v) is 9.51. The van der Waals surface area contributed by atoms with Gasteiger partial charge in [0.05, 0.1) is 7.11 Å². The van der Waals surface area contributed by atoms with Crippen LogP contribution in [0.2, 0.25) is 0 Å². The van der Waals surface area contributed by atoms with Gasteiger partial charge >= 0.3 is 0 Å². The second kappa shape index (κ2) is 12.8. The Balaban J connectivity index is 1.29. The predicted molar refractivity (Wildman–Crippen MR) is 154 cm³/mol. The van der Waals surface area contributed by atoms with Crippen molar-refractivity contribution in [1.82, 2.24) is 14.9 Å². The zero-order chi connectivity index (χ0) is 26.9. The number of benzene rings is 3. The number of aromatic nitrogens is 2. The number of H-pyrrole nitrogens is 1. The molecule has 0 aliphatic heterocycles. The van der Waals surface area contributed by atoms with E-state index < -0.39 is 0 Å². The van der Waals surface area contributed by atoms with E-state index in [1.165, 1.54) is 5.39 Å². The lowest BCUT2D eigenvalue weighted by Gasteiger charge is -2.23. The van der Waals surface area contributed by atoms with Gasteiger partial charge in [-0.15, -0.1) is 0 Å². The molecule has 6 heteroatoms.